The number of amides is 1. The third-order valence-electron chi connectivity index (χ3n) is 4.14. The number of benzene rings is 2. The average Bonchev–Trinajstić information content (AvgIpc) is 2.72. The number of anilines is 1. The summed E-state index contributed by atoms with van der Waals surface area (Å²) in [6, 6.07) is 11.7. The number of fused-ring (bicyclic) bond motifs is 1. The number of carbonyl (C=O) groups excluding carboxylic acids is 1. The minimum absolute atomic E-state index is 0.0234. The molecule has 3 N–H and O–H groups in total. The van der Waals surface area contributed by atoms with Crippen LogP contribution in [-0.4, -0.2) is 32.5 Å². The summed E-state index contributed by atoms with van der Waals surface area (Å²) in [5.41, 5.74) is 0.221. The van der Waals surface area contributed by atoms with Gasteiger partial charge in [0, 0.05) is 22.7 Å². The number of H-pyrrole nitrogens is 1. The molecule has 0 bridgehead atoms. The molecule has 0 radical (unpaired) electrons. The summed E-state index contributed by atoms with van der Waals surface area (Å²) < 4.78 is 33.5. The van der Waals surface area contributed by atoms with Crippen molar-refractivity contribution in [2.45, 2.75) is 11.8 Å². The van der Waals surface area contributed by atoms with Gasteiger partial charge < -0.3 is 15.0 Å². The van der Waals surface area contributed by atoms with Gasteiger partial charge in [-0.1, -0.05) is 5.92 Å². The molecule has 9 heteroatoms. The largest absolute Gasteiger partial charge is 0.494 e. The zero-order valence-corrected chi connectivity index (χ0v) is 16.9. The van der Waals surface area contributed by atoms with Gasteiger partial charge in [-0.25, -0.2) is 8.42 Å². The number of ether oxygens (including phenoxy) is 1. The molecule has 2 aromatic carbocycles. The van der Waals surface area contributed by atoms with E-state index in [2.05, 4.69) is 20.9 Å². The van der Waals surface area contributed by atoms with Gasteiger partial charge in [0.25, 0.3) is 15.9 Å². The SMILES string of the molecule is C#CCNC(=O)c1cc(=O)[nH]c2ccc(S(=O)(=O)Nc3ccc(OCC)cc3)cc12. The van der Waals surface area contributed by atoms with E-state index < -0.39 is 21.5 Å². The van der Waals surface area contributed by atoms with E-state index in [0.717, 1.165) is 6.07 Å². The van der Waals surface area contributed by atoms with Gasteiger partial charge in [0.15, 0.2) is 0 Å². The first-order chi connectivity index (χ1) is 14.3. The molecule has 1 aromatic heterocycles. The average molecular weight is 425 g/mol. The highest BCUT2D eigenvalue weighted by Gasteiger charge is 2.18. The van der Waals surface area contributed by atoms with E-state index in [9.17, 15) is 18.0 Å². The molecule has 1 amide bonds. The Bertz CT molecular complexity index is 1290. The fraction of sp³-hybridized carbons (Fsp3) is 0.143. The second-order valence-electron chi connectivity index (χ2n) is 6.20. The van der Waals surface area contributed by atoms with Crippen LogP contribution in [0, 0.1) is 12.3 Å². The zero-order chi connectivity index (χ0) is 21.7. The molecule has 0 spiro atoms. The number of carbonyl (C=O) groups is 1. The second-order valence-corrected chi connectivity index (χ2v) is 7.89. The molecule has 0 aliphatic rings. The maximum atomic E-state index is 12.8. The van der Waals surface area contributed by atoms with Crippen molar-refractivity contribution in [3.05, 3.63) is 64.4 Å². The Kier molecular flexibility index (Phi) is 6.09. The van der Waals surface area contributed by atoms with E-state index in [4.69, 9.17) is 11.2 Å². The molecule has 1 heterocycles. The van der Waals surface area contributed by atoms with Gasteiger partial charge >= 0.3 is 0 Å². The highest BCUT2D eigenvalue weighted by atomic mass is 32.2. The van der Waals surface area contributed by atoms with Crippen LogP contribution in [0.2, 0.25) is 0 Å². The lowest BCUT2D eigenvalue weighted by molar-refractivity contribution is 0.0960. The van der Waals surface area contributed by atoms with Crippen molar-refractivity contribution < 1.29 is 17.9 Å². The van der Waals surface area contributed by atoms with Crippen LogP contribution in [0.1, 0.15) is 17.3 Å². The summed E-state index contributed by atoms with van der Waals surface area (Å²) in [6.45, 7) is 2.33. The summed E-state index contributed by atoms with van der Waals surface area (Å²) in [6.07, 6.45) is 5.15. The van der Waals surface area contributed by atoms with E-state index in [1.807, 2.05) is 6.92 Å². The lowest BCUT2D eigenvalue weighted by Crippen LogP contribution is -2.25. The summed E-state index contributed by atoms with van der Waals surface area (Å²) in [4.78, 5) is 26.7. The molecule has 0 saturated carbocycles. The first kappa shape index (κ1) is 21.0. The molecule has 3 rings (SSSR count). The maximum Gasteiger partial charge on any atom is 0.261 e. The Morgan fingerprint density at radius 1 is 1.17 bits per heavy atom. The molecule has 154 valence electrons. The Labute approximate surface area is 173 Å². The monoisotopic (exact) mass is 425 g/mol. The number of hydrogen-bond acceptors (Lipinski definition) is 5. The lowest BCUT2D eigenvalue weighted by atomic mass is 10.1. The fourth-order valence-electron chi connectivity index (χ4n) is 2.81. The highest BCUT2D eigenvalue weighted by Crippen LogP contribution is 2.23. The van der Waals surface area contributed by atoms with Crippen LogP contribution in [0.4, 0.5) is 5.69 Å². The van der Waals surface area contributed by atoms with Crippen LogP contribution in [0.25, 0.3) is 10.9 Å². The van der Waals surface area contributed by atoms with Crippen LogP contribution < -0.4 is 20.3 Å². The number of terminal acetylenes is 1. The fourth-order valence-corrected chi connectivity index (χ4v) is 3.90. The first-order valence-electron chi connectivity index (χ1n) is 8.98. The van der Waals surface area contributed by atoms with Crippen molar-refractivity contribution in [1.29, 1.82) is 0 Å². The Hall–Kier alpha value is -3.77. The molecule has 0 fully saturated rings. The van der Waals surface area contributed by atoms with Gasteiger partial charge in [-0.2, -0.15) is 0 Å². The van der Waals surface area contributed by atoms with Crippen molar-refractivity contribution in [1.82, 2.24) is 10.3 Å². The minimum atomic E-state index is -3.95. The van der Waals surface area contributed by atoms with E-state index >= 15 is 0 Å². The van der Waals surface area contributed by atoms with Crippen LogP contribution >= 0.6 is 0 Å². The third kappa shape index (κ3) is 4.61. The standard InChI is InChI=1S/C21H19N3O5S/c1-3-11-22-21(26)18-13-20(25)23-19-10-9-16(12-17(18)19)30(27,28)24-14-5-7-15(8-6-14)29-4-2/h1,5-10,12-13,24H,4,11H2,2H3,(H,22,26)(H,23,25). The molecule has 0 aliphatic heterocycles. The summed E-state index contributed by atoms with van der Waals surface area (Å²) in [5, 5.41) is 2.75. The van der Waals surface area contributed by atoms with Crippen LogP contribution in [0.5, 0.6) is 5.75 Å². The van der Waals surface area contributed by atoms with E-state index in [0.29, 0.717) is 23.6 Å². The van der Waals surface area contributed by atoms with Crippen molar-refractivity contribution in [3.8, 4) is 18.1 Å². The molecular formula is C21H19N3O5S. The Morgan fingerprint density at radius 3 is 2.57 bits per heavy atom. The summed E-state index contributed by atoms with van der Waals surface area (Å²) in [5.74, 6) is 2.32. The van der Waals surface area contributed by atoms with Gasteiger partial charge in [0.1, 0.15) is 5.75 Å². The van der Waals surface area contributed by atoms with Gasteiger partial charge in [-0.3, -0.25) is 14.3 Å². The molecule has 3 aromatic rings. The summed E-state index contributed by atoms with van der Waals surface area (Å²) in [7, 11) is -3.95. The van der Waals surface area contributed by atoms with Crippen molar-refractivity contribution in [3.63, 3.8) is 0 Å². The third-order valence-corrected chi connectivity index (χ3v) is 5.52. The topological polar surface area (TPSA) is 117 Å². The number of hydrogen-bond donors (Lipinski definition) is 3. The number of aromatic nitrogens is 1. The van der Waals surface area contributed by atoms with Gasteiger partial charge in [0.05, 0.1) is 23.6 Å². The zero-order valence-electron chi connectivity index (χ0n) is 16.1. The normalized spacial score (nSPS) is 10.9. The van der Waals surface area contributed by atoms with Gasteiger partial charge in [-0.05, 0) is 49.4 Å². The summed E-state index contributed by atoms with van der Waals surface area (Å²) >= 11 is 0. The molecule has 0 saturated heterocycles. The molecule has 0 atom stereocenters. The van der Waals surface area contributed by atoms with Crippen LogP contribution in [-0.2, 0) is 10.0 Å². The number of sulfonamides is 1. The second kappa shape index (κ2) is 8.71. The minimum Gasteiger partial charge on any atom is -0.494 e. The van der Waals surface area contributed by atoms with E-state index in [1.165, 1.54) is 18.2 Å². The molecule has 8 nitrogen and oxygen atoms in total. The Balaban J connectivity index is 1.98. The van der Waals surface area contributed by atoms with Crippen molar-refractivity contribution in [2.24, 2.45) is 0 Å². The van der Waals surface area contributed by atoms with E-state index in [-0.39, 0.29) is 22.4 Å². The van der Waals surface area contributed by atoms with Crippen molar-refractivity contribution in [2.75, 3.05) is 17.9 Å². The number of pyridine rings is 1. The quantitative estimate of drug-likeness (QED) is 0.501. The molecular weight excluding hydrogens is 406 g/mol. The molecule has 0 unspecified atom stereocenters. The van der Waals surface area contributed by atoms with E-state index in [1.54, 1.807) is 24.3 Å². The molecule has 0 aliphatic carbocycles. The predicted molar refractivity (Wildman–Crippen MR) is 114 cm³/mol. The lowest BCUT2D eigenvalue weighted by Gasteiger charge is -2.11. The maximum absolute atomic E-state index is 12.8. The smallest absolute Gasteiger partial charge is 0.261 e. The van der Waals surface area contributed by atoms with Gasteiger partial charge in [-0.15, -0.1) is 6.42 Å². The number of nitrogens with one attached hydrogen (secondary N) is 3. The highest BCUT2D eigenvalue weighted by molar-refractivity contribution is 7.92. The first-order valence-corrected chi connectivity index (χ1v) is 10.5. The van der Waals surface area contributed by atoms with Crippen molar-refractivity contribution >= 4 is 32.5 Å². The van der Waals surface area contributed by atoms with Crippen LogP contribution in [0.15, 0.2) is 58.2 Å². The van der Waals surface area contributed by atoms with Gasteiger partial charge in [0.2, 0.25) is 5.56 Å². The predicted octanol–water partition coefficient (Wildman–Crippen LogP) is 2.09. The Morgan fingerprint density at radius 2 is 1.90 bits per heavy atom. The number of rotatable bonds is 7. The molecule has 30 heavy (non-hydrogen) atoms. The van der Waals surface area contributed by atoms with Crippen LogP contribution in [0.3, 0.4) is 0 Å². The number of aromatic amines is 1.